The van der Waals surface area contributed by atoms with E-state index in [2.05, 4.69) is 194 Å². The Balaban J connectivity index is 0.960. The summed E-state index contributed by atoms with van der Waals surface area (Å²) in [7, 11) is 0. The van der Waals surface area contributed by atoms with Crippen molar-refractivity contribution in [2.45, 2.75) is 5.41 Å². The highest BCUT2D eigenvalue weighted by Gasteiger charge is 2.51. The largest absolute Gasteiger partial charge is 0.208 e. The number of benzene rings is 9. The highest BCUT2D eigenvalue weighted by atomic mass is 32.1. The molecular formula is C58H35N3S. The molecule has 11 aromatic rings. The van der Waals surface area contributed by atoms with Gasteiger partial charge in [-0.3, -0.25) is 0 Å². The molecule has 4 heteroatoms. The summed E-state index contributed by atoms with van der Waals surface area (Å²) < 4.78 is 2.56. The van der Waals surface area contributed by atoms with Gasteiger partial charge in [0.2, 0.25) is 0 Å². The summed E-state index contributed by atoms with van der Waals surface area (Å²) in [4.78, 5) is 15.6. The van der Waals surface area contributed by atoms with Crippen LogP contribution >= 0.6 is 11.3 Å². The molecule has 0 atom stereocenters. The summed E-state index contributed by atoms with van der Waals surface area (Å²) in [6, 6.07) is 76.8. The third kappa shape index (κ3) is 5.14. The number of nitrogens with zero attached hydrogens (tertiary/aromatic N) is 3. The fourth-order valence-corrected chi connectivity index (χ4v) is 11.4. The van der Waals surface area contributed by atoms with Crippen LogP contribution in [0.1, 0.15) is 22.3 Å². The molecule has 0 unspecified atom stereocenters. The smallest absolute Gasteiger partial charge is 0.164 e. The Hall–Kier alpha value is -7.79. The van der Waals surface area contributed by atoms with Crippen LogP contribution in [-0.2, 0) is 5.41 Å². The molecule has 1 spiro atoms. The molecule has 2 heterocycles. The maximum atomic E-state index is 5.29. The van der Waals surface area contributed by atoms with E-state index in [1.165, 1.54) is 64.7 Å². The summed E-state index contributed by atoms with van der Waals surface area (Å²) in [5, 5.41) is 2.57. The SMILES string of the molecule is c1ccc(-c2nc(-c3cccc(-c4ccc5c(c4)C4(c6ccccc6-c6ccccc64)c4ccccc4-5)c3)nc(-c3ccccc3-c3ccc4c(c3)sc3ccccc34)n2)cc1. The number of thiophene rings is 1. The first-order valence-electron chi connectivity index (χ1n) is 21.1. The van der Waals surface area contributed by atoms with E-state index in [1.54, 1.807) is 0 Å². The van der Waals surface area contributed by atoms with Crippen LogP contribution in [0.5, 0.6) is 0 Å². The Morgan fingerprint density at radius 1 is 0.274 bits per heavy atom. The molecule has 0 radical (unpaired) electrons. The minimum atomic E-state index is -0.407. The van der Waals surface area contributed by atoms with Gasteiger partial charge in [-0.15, -0.1) is 11.3 Å². The number of aromatic nitrogens is 3. The van der Waals surface area contributed by atoms with Gasteiger partial charge in [-0.25, -0.2) is 15.0 Å². The van der Waals surface area contributed by atoms with Gasteiger partial charge in [-0.05, 0) is 91.0 Å². The number of fused-ring (bicyclic) bond motifs is 13. The van der Waals surface area contributed by atoms with Gasteiger partial charge in [0, 0.05) is 36.9 Å². The minimum Gasteiger partial charge on any atom is -0.208 e. The molecule has 0 amide bonds. The summed E-state index contributed by atoms with van der Waals surface area (Å²) in [5.41, 5.74) is 17.4. The molecule has 13 rings (SSSR count). The second-order valence-corrected chi connectivity index (χ2v) is 17.3. The molecule has 0 aliphatic heterocycles. The third-order valence-electron chi connectivity index (χ3n) is 13.0. The van der Waals surface area contributed by atoms with Crippen LogP contribution in [0.2, 0.25) is 0 Å². The average molecular weight is 806 g/mol. The van der Waals surface area contributed by atoms with Crippen molar-refractivity contribution in [3.63, 3.8) is 0 Å². The summed E-state index contributed by atoms with van der Waals surface area (Å²) in [6.07, 6.45) is 0. The van der Waals surface area contributed by atoms with Crippen LogP contribution in [0.15, 0.2) is 212 Å². The molecule has 0 saturated carbocycles. The Morgan fingerprint density at radius 2 is 0.774 bits per heavy atom. The number of hydrogen-bond donors (Lipinski definition) is 0. The first-order valence-corrected chi connectivity index (χ1v) is 21.9. The van der Waals surface area contributed by atoms with E-state index in [4.69, 9.17) is 15.0 Å². The highest BCUT2D eigenvalue weighted by Crippen LogP contribution is 2.63. The van der Waals surface area contributed by atoms with Gasteiger partial charge in [0.1, 0.15) is 0 Å². The maximum Gasteiger partial charge on any atom is 0.164 e. The van der Waals surface area contributed by atoms with Crippen molar-refractivity contribution in [2.24, 2.45) is 0 Å². The van der Waals surface area contributed by atoms with Crippen LogP contribution in [0.25, 0.3) is 98.8 Å². The van der Waals surface area contributed by atoms with E-state index >= 15 is 0 Å². The van der Waals surface area contributed by atoms with Crippen molar-refractivity contribution in [2.75, 3.05) is 0 Å². The lowest BCUT2D eigenvalue weighted by molar-refractivity contribution is 0.794. The lowest BCUT2D eigenvalue weighted by Gasteiger charge is -2.30. The van der Waals surface area contributed by atoms with Crippen molar-refractivity contribution >= 4 is 31.5 Å². The summed E-state index contributed by atoms with van der Waals surface area (Å²) in [6.45, 7) is 0. The van der Waals surface area contributed by atoms with Gasteiger partial charge in [0.15, 0.2) is 17.5 Å². The van der Waals surface area contributed by atoms with Gasteiger partial charge in [0.05, 0.1) is 5.41 Å². The van der Waals surface area contributed by atoms with E-state index in [-0.39, 0.29) is 0 Å². The van der Waals surface area contributed by atoms with Crippen molar-refractivity contribution < 1.29 is 0 Å². The average Bonchev–Trinajstić information content (AvgIpc) is 3.98. The minimum absolute atomic E-state index is 0.407. The lowest BCUT2D eigenvalue weighted by Crippen LogP contribution is -2.25. The predicted molar refractivity (Wildman–Crippen MR) is 256 cm³/mol. The monoisotopic (exact) mass is 805 g/mol. The first-order chi connectivity index (χ1) is 30.7. The van der Waals surface area contributed by atoms with E-state index < -0.39 is 5.41 Å². The Morgan fingerprint density at radius 3 is 1.50 bits per heavy atom. The Labute approximate surface area is 363 Å². The van der Waals surface area contributed by atoms with Crippen molar-refractivity contribution in [1.29, 1.82) is 0 Å². The molecule has 9 aromatic carbocycles. The zero-order valence-electron chi connectivity index (χ0n) is 33.5. The van der Waals surface area contributed by atoms with E-state index in [0.29, 0.717) is 17.5 Å². The molecule has 2 aliphatic carbocycles. The van der Waals surface area contributed by atoms with Gasteiger partial charge in [-0.2, -0.15) is 0 Å². The molecule has 3 nitrogen and oxygen atoms in total. The Bertz CT molecular complexity index is 3540. The zero-order valence-corrected chi connectivity index (χ0v) is 34.3. The van der Waals surface area contributed by atoms with Crippen LogP contribution in [0.3, 0.4) is 0 Å². The predicted octanol–water partition coefficient (Wildman–Crippen LogP) is 14.9. The second-order valence-electron chi connectivity index (χ2n) is 16.3. The molecule has 62 heavy (non-hydrogen) atoms. The van der Waals surface area contributed by atoms with Crippen LogP contribution < -0.4 is 0 Å². The van der Waals surface area contributed by atoms with Gasteiger partial charge in [0.25, 0.3) is 0 Å². The molecule has 2 aliphatic rings. The standard InChI is InChI=1S/C58H35N3S/c1-2-15-36(16-3-1)55-59-56(61-57(60-55)48-24-5-4-19-41(48)39-30-32-47-46-23-9-13-28-53(46)62-54(47)35-39)40-18-14-17-37(33-40)38-29-31-45-44-22-8-12-27-51(44)58(52(45)34-38)49-25-10-6-20-42(49)43-21-7-11-26-50(43)58/h1-35H. The van der Waals surface area contributed by atoms with Crippen molar-refractivity contribution in [3.05, 3.63) is 235 Å². The zero-order chi connectivity index (χ0) is 40.8. The van der Waals surface area contributed by atoms with Crippen LogP contribution in [-0.4, -0.2) is 15.0 Å². The van der Waals surface area contributed by atoms with Gasteiger partial charge < -0.3 is 0 Å². The Kier molecular flexibility index (Phi) is 7.69. The number of rotatable bonds is 5. The fourth-order valence-electron chi connectivity index (χ4n) is 10.3. The first kappa shape index (κ1) is 35.0. The third-order valence-corrected chi connectivity index (χ3v) is 14.1. The van der Waals surface area contributed by atoms with E-state index in [0.717, 1.165) is 38.9 Å². The van der Waals surface area contributed by atoms with Gasteiger partial charge >= 0.3 is 0 Å². The molecule has 0 bridgehead atoms. The molecule has 288 valence electrons. The topological polar surface area (TPSA) is 38.7 Å². The van der Waals surface area contributed by atoms with Crippen LogP contribution in [0, 0.1) is 0 Å². The molecule has 2 aromatic heterocycles. The van der Waals surface area contributed by atoms with Crippen molar-refractivity contribution in [3.8, 4) is 78.7 Å². The summed E-state index contributed by atoms with van der Waals surface area (Å²) >= 11 is 1.83. The fraction of sp³-hybridized carbons (Fsp3) is 0.0172. The number of hydrogen-bond acceptors (Lipinski definition) is 4. The van der Waals surface area contributed by atoms with E-state index in [9.17, 15) is 0 Å². The van der Waals surface area contributed by atoms with E-state index in [1.807, 2.05) is 29.5 Å². The van der Waals surface area contributed by atoms with Crippen molar-refractivity contribution in [1.82, 2.24) is 15.0 Å². The molecular weight excluding hydrogens is 771 g/mol. The second kappa shape index (κ2) is 13.6. The quantitative estimate of drug-likeness (QED) is 0.174. The molecule has 0 N–H and O–H groups in total. The molecule has 0 fully saturated rings. The lowest BCUT2D eigenvalue weighted by atomic mass is 9.70. The normalized spacial score (nSPS) is 13.0. The van der Waals surface area contributed by atoms with Gasteiger partial charge in [-0.1, -0.05) is 188 Å². The maximum absolute atomic E-state index is 5.29. The summed E-state index contributed by atoms with van der Waals surface area (Å²) in [5.74, 6) is 1.91. The van der Waals surface area contributed by atoms with Crippen LogP contribution in [0.4, 0.5) is 0 Å². The highest BCUT2D eigenvalue weighted by molar-refractivity contribution is 7.25. The molecule has 0 saturated heterocycles.